The number of likely N-dealkylation sites (N-methyl/N-ethyl adjacent to an activating group) is 1. The summed E-state index contributed by atoms with van der Waals surface area (Å²) in [5, 5.41) is 4.42. The lowest BCUT2D eigenvalue weighted by Crippen LogP contribution is -2.39. The van der Waals surface area contributed by atoms with Crippen LogP contribution in [0.1, 0.15) is 19.5 Å². The third kappa shape index (κ3) is 2.73. The summed E-state index contributed by atoms with van der Waals surface area (Å²) < 4.78 is 33.0. The van der Waals surface area contributed by atoms with Gasteiger partial charge in [-0.2, -0.15) is 0 Å². The van der Waals surface area contributed by atoms with E-state index in [0.717, 1.165) is 19.6 Å². The van der Waals surface area contributed by atoms with Crippen molar-refractivity contribution in [2.24, 2.45) is 5.92 Å². The quantitative estimate of drug-likeness (QED) is 0.907. The van der Waals surface area contributed by atoms with Crippen molar-refractivity contribution in [1.29, 1.82) is 0 Å². The molecule has 0 aromatic carbocycles. The minimum absolute atomic E-state index is 0.0794. The molecular formula is C14H20N4O3S. The number of hydrogen-bond donors (Lipinski definition) is 1. The number of rotatable bonds is 4. The maximum atomic E-state index is 12.6. The van der Waals surface area contributed by atoms with Gasteiger partial charge in [-0.3, -0.25) is 0 Å². The van der Waals surface area contributed by atoms with Crippen LogP contribution in [0.4, 0.5) is 0 Å². The monoisotopic (exact) mass is 324 g/mol. The van der Waals surface area contributed by atoms with Gasteiger partial charge in [-0.1, -0.05) is 19.0 Å². The van der Waals surface area contributed by atoms with Gasteiger partial charge < -0.3 is 9.42 Å². The second kappa shape index (κ2) is 5.60. The van der Waals surface area contributed by atoms with Crippen LogP contribution in [0.5, 0.6) is 0 Å². The van der Waals surface area contributed by atoms with Crippen LogP contribution in [0.15, 0.2) is 21.7 Å². The Balaban J connectivity index is 1.86. The Labute approximate surface area is 129 Å². The zero-order chi connectivity index (χ0) is 15.9. The number of nitrogens with zero attached hydrogens (tertiary/aromatic N) is 3. The molecule has 3 rings (SSSR count). The Morgan fingerprint density at radius 2 is 2.23 bits per heavy atom. The molecule has 120 valence electrons. The molecule has 1 aliphatic rings. The molecule has 2 atom stereocenters. The first-order chi connectivity index (χ1) is 10.4. The Hall–Kier alpha value is -1.51. The molecule has 2 aromatic rings. The second-order valence-electron chi connectivity index (χ2n) is 5.85. The lowest BCUT2D eigenvalue weighted by atomic mass is 10.1. The van der Waals surface area contributed by atoms with Crippen LogP contribution in [0.25, 0.3) is 11.1 Å². The molecule has 0 saturated carbocycles. The maximum absolute atomic E-state index is 12.6. The zero-order valence-corrected chi connectivity index (χ0v) is 13.7. The van der Waals surface area contributed by atoms with Crippen LogP contribution in [-0.4, -0.2) is 49.1 Å². The zero-order valence-electron chi connectivity index (χ0n) is 12.9. The van der Waals surface area contributed by atoms with Crippen molar-refractivity contribution in [2.75, 3.05) is 19.6 Å². The Kier molecular flexibility index (Phi) is 3.92. The molecule has 7 nitrogen and oxygen atoms in total. The van der Waals surface area contributed by atoms with Crippen LogP contribution in [0.3, 0.4) is 0 Å². The van der Waals surface area contributed by atoms with Crippen LogP contribution >= 0.6 is 0 Å². The van der Waals surface area contributed by atoms with Crippen LogP contribution < -0.4 is 4.72 Å². The highest BCUT2D eigenvalue weighted by Crippen LogP contribution is 2.22. The second-order valence-corrected chi connectivity index (χ2v) is 7.56. The first-order valence-corrected chi connectivity index (χ1v) is 8.85. The van der Waals surface area contributed by atoms with E-state index in [1.54, 1.807) is 13.0 Å². The van der Waals surface area contributed by atoms with Gasteiger partial charge in [0.25, 0.3) is 5.71 Å². The molecule has 1 fully saturated rings. The summed E-state index contributed by atoms with van der Waals surface area (Å²) in [6.45, 7) is 8.47. The smallest absolute Gasteiger partial charge is 0.257 e. The van der Waals surface area contributed by atoms with Gasteiger partial charge in [0.05, 0.1) is 17.3 Å². The third-order valence-electron chi connectivity index (χ3n) is 4.24. The standard InChI is InChI=1S/C14H20N4O3S/c1-4-18-7-9(2)13(8-18)17-22(19,20)11-5-12-10(3)16-21-14(12)15-6-11/h5-6,9,13,17H,4,7-8H2,1-3H3. The van der Waals surface area contributed by atoms with Gasteiger partial charge in [-0.15, -0.1) is 0 Å². The van der Waals surface area contributed by atoms with Gasteiger partial charge in [0, 0.05) is 19.1 Å². The summed E-state index contributed by atoms with van der Waals surface area (Å²) in [6.07, 6.45) is 1.31. The molecule has 0 spiro atoms. The fourth-order valence-corrected chi connectivity index (χ4v) is 4.12. The molecule has 0 radical (unpaired) electrons. The number of aryl methyl sites for hydroxylation is 1. The van der Waals surface area contributed by atoms with E-state index in [4.69, 9.17) is 4.52 Å². The molecule has 2 unspecified atom stereocenters. The van der Waals surface area contributed by atoms with E-state index in [0.29, 0.717) is 16.8 Å². The first-order valence-electron chi connectivity index (χ1n) is 7.37. The number of likely N-dealkylation sites (tertiary alicyclic amines) is 1. The molecule has 3 heterocycles. The molecule has 8 heteroatoms. The average Bonchev–Trinajstić information content (AvgIpc) is 3.02. The van der Waals surface area contributed by atoms with E-state index in [2.05, 4.69) is 33.6 Å². The molecule has 2 aromatic heterocycles. The van der Waals surface area contributed by atoms with E-state index in [1.807, 2.05) is 0 Å². The molecule has 1 aliphatic heterocycles. The lowest BCUT2D eigenvalue weighted by Gasteiger charge is -2.16. The molecule has 22 heavy (non-hydrogen) atoms. The fraction of sp³-hybridized carbons (Fsp3) is 0.571. The summed E-state index contributed by atoms with van der Waals surface area (Å²) in [5.41, 5.74) is 0.980. The summed E-state index contributed by atoms with van der Waals surface area (Å²) in [6, 6.07) is 1.48. The summed E-state index contributed by atoms with van der Waals surface area (Å²) in [7, 11) is -3.60. The van der Waals surface area contributed by atoms with Crippen molar-refractivity contribution in [3.8, 4) is 0 Å². The highest BCUT2D eigenvalue weighted by atomic mass is 32.2. The van der Waals surface area contributed by atoms with E-state index in [1.165, 1.54) is 6.20 Å². The average molecular weight is 324 g/mol. The molecule has 0 aliphatic carbocycles. The predicted octanol–water partition coefficient (Wildman–Crippen LogP) is 1.15. The topological polar surface area (TPSA) is 88.3 Å². The number of pyridine rings is 1. The number of sulfonamides is 1. The van der Waals surface area contributed by atoms with Crippen LogP contribution in [0, 0.1) is 12.8 Å². The van der Waals surface area contributed by atoms with E-state index in [9.17, 15) is 8.42 Å². The summed E-state index contributed by atoms with van der Waals surface area (Å²) in [5.74, 6) is 0.281. The van der Waals surface area contributed by atoms with Crippen LogP contribution in [-0.2, 0) is 10.0 Å². The number of nitrogens with one attached hydrogen (secondary N) is 1. The van der Waals surface area contributed by atoms with Gasteiger partial charge in [-0.05, 0) is 25.5 Å². The molecule has 1 saturated heterocycles. The molecular weight excluding hydrogens is 304 g/mol. The van der Waals surface area contributed by atoms with Crippen molar-refractivity contribution in [3.05, 3.63) is 18.0 Å². The number of hydrogen-bond acceptors (Lipinski definition) is 6. The molecule has 0 bridgehead atoms. The number of fused-ring (bicyclic) bond motifs is 1. The largest absolute Gasteiger partial charge is 0.336 e. The Bertz CT molecular complexity index is 786. The van der Waals surface area contributed by atoms with Gasteiger partial charge in [0.2, 0.25) is 10.0 Å². The first kappa shape index (κ1) is 15.4. The molecule has 1 N–H and O–H groups in total. The maximum Gasteiger partial charge on any atom is 0.257 e. The SMILES string of the molecule is CCN1CC(C)C(NS(=O)(=O)c2cnc3onc(C)c3c2)C1. The minimum Gasteiger partial charge on any atom is -0.336 e. The van der Waals surface area contributed by atoms with Crippen molar-refractivity contribution in [2.45, 2.75) is 31.7 Å². The highest BCUT2D eigenvalue weighted by molar-refractivity contribution is 7.89. The highest BCUT2D eigenvalue weighted by Gasteiger charge is 2.32. The summed E-state index contributed by atoms with van der Waals surface area (Å²) in [4.78, 5) is 6.42. The Morgan fingerprint density at radius 3 is 2.91 bits per heavy atom. The minimum atomic E-state index is -3.60. The van der Waals surface area contributed by atoms with Crippen molar-refractivity contribution in [3.63, 3.8) is 0 Å². The van der Waals surface area contributed by atoms with E-state index >= 15 is 0 Å². The third-order valence-corrected chi connectivity index (χ3v) is 5.69. The Morgan fingerprint density at radius 1 is 1.45 bits per heavy atom. The van der Waals surface area contributed by atoms with E-state index < -0.39 is 10.0 Å². The predicted molar refractivity (Wildman–Crippen MR) is 81.9 cm³/mol. The normalized spacial score (nSPS) is 23.4. The van der Waals surface area contributed by atoms with Gasteiger partial charge >= 0.3 is 0 Å². The van der Waals surface area contributed by atoms with Crippen molar-refractivity contribution >= 4 is 21.1 Å². The van der Waals surface area contributed by atoms with Crippen LogP contribution in [0.2, 0.25) is 0 Å². The van der Waals surface area contributed by atoms with Crippen molar-refractivity contribution < 1.29 is 12.9 Å². The number of aromatic nitrogens is 2. The summed E-state index contributed by atoms with van der Waals surface area (Å²) >= 11 is 0. The van der Waals surface area contributed by atoms with Gasteiger partial charge in [-0.25, -0.2) is 18.1 Å². The fourth-order valence-electron chi connectivity index (χ4n) is 2.82. The molecule has 0 amide bonds. The van der Waals surface area contributed by atoms with E-state index in [-0.39, 0.29) is 16.9 Å². The van der Waals surface area contributed by atoms with Crippen molar-refractivity contribution in [1.82, 2.24) is 19.8 Å². The van der Waals surface area contributed by atoms with Gasteiger partial charge in [0.1, 0.15) is 4.90 Å². The lowest BCUT2D eigenvalue weighted by molar-refractivity contribution is 0.344. The van der Waals surface area contributed by atoms with Gasteiger partial charge in [0.15, 0.2) is 0 Å².